The van der Waals surface area contributed by atoms with E-state index in [4.69, 9.17) is 0 Å². The average Bonchev–Trinajstić information content (AvgIpc) is 2.72. The van der Waals surface area contributed by atoms with E-state index in [0.29, 0.717) is 0 Å². The number of hydrogen-bond donors (Lipinski definition) is 0. The fourth-order valence-corrected chi connectivity index (χ4v) is 1.93. The fourth-order valence-electron chi connectivity index (χ4n) is 1.93. The first-order valence-corrected chi connectivity index (χ1v) is 11.5. The zero-order valence-corrected chi connectivity index (χ0v) is 21.3. The van der Waals surface area contributed by atoms with Crippen molar-refractivity contribution in [2.45, 2.75) is 121 Å². The van der Waals surface area contributed by atoms with Gasteiger partial charge in [-0.25, -0.2) is 0 Å². The SMILES string of the molecule is CC.CC.CC.CCC.CCCC(C)=O.CCC[C@H](C(C)=O)c1ccccc1. The molecular weight excluding hydrogens is 344 g/mol. The van der Waals surface area contributed by atoms with Crippen LogP contribution in [-0.2, 0) is 9.59 Å². The number of Topliss-reactive ketones (excluding diaryl/α,β-unsaturated/α-hetero) is 2. The standard InChI is InChI=1S/C12H16O.C5H10O.C3H8.3C2H6/c1-3-7-12(10(2)13)11-8-5-4-6-9-11;1-3-4-5(2)6;1-3-2;3*1-2/h4-6,8-9,12H,3,7H2,1-2H3;3-4H2,1-2H3;3H2,1-2H3;3*1-2H3/t12-;;;;;/m1...../s1. The summed E-state index contributed by atoms with van der Waals surface area (Å²) >= 11 is 0. The van der Waals surface area contributed by atoms with Crippen LogP contribution in [0.2, 0.25) is 0 Å². The molecule has 0 saturated heterocycles. The molecule has 0 aliphatic heterocycles. The Balaban J connectivity index is -0.0000000988. The van der Waals surface area contributed by atoms with E-state index in [1.807, 2.05) is 78.8 Å². The van der Waals surface area contributed by atoms with E-state index in [0.717, 1.165) is 31.2 Å². The van der Waals surface area contributed by atoms with E-state index >= 15 is 0 Å². The smallest absolute Gasteiger partial charge is 0.137 e. The van der Waals surface area contributed by atoms with Gasteiger partial charge in [-0.2, -0.15) is 0 Å². The maximum atomic E-state index is 11.3. The molecule has 2 heteroatoms. The third kappa shape index (κ3) is 32.3. The van der Waals surface area contributed by atoms with Gasteiger partial charge >= 0.3 is 0 Å². The van der Waals surface area contributed by atoms with Gasteiger partial charge in [0.2, 0.25) is 0 Å². The molecule has 0 amide bonds. The van der Waals surface area contributed by atoms with E-state index in [1.165, 1.54) is 6.42 Å². The Labute approximate surface area is 178 Å². The van der Waals surface area contributed by atoms with Crippen LogP contribution >= 0.6 is 0 Å². The maximum Gasteiger partial charge on any atom is 0.137 e. The van der Waals surface area contributed by atoms with Crippen molar-refractivity contribution in [1.29, 1.82) is 0 Å². The van der Waals surface area contributed by atoms with Gasteiger partial charge in [-0.05, 0) is 32.3 Å². The van der Waals surface area contributed by atoms with Gasteiger partial charge in [-0.3, -0.25) is 4.79 Å². The Morgan fingerprint density at radius 2 is 1.14 bits per heavy atom. The molecule has 0 fully saturated rings. The molecule has 2 nitrogen and oxygen atoms in total. The molecule has 1 aromatic carbocycles. The number of carbonyl (C=O) groups is 2. The molecule has 28 heavy (non-hydrogen) atoms. The molecule has 0 N–H and O–H groups in total. The van der Waals surface area contributed by atoms with Crippen molar-refractivity contribution in [1.82, 2.24) is 0 Å². The van der Waals surface area contributed by atoms with Crippen LogP contribution in [0.4, 0.5) is 0 Å². The highest BCUT2D eigenvalue weighted by Crippen LogP contribution is 2.21. The van der Waals surface area contributed by atoms with Crippen molar-refractivity contribution >= 4 is 11.6 Å². The molecule has 0 saturated carbocycles. The van der Waals surface area contributed by atoms with Crippen LogP contribution in [0, 0.1) is 0 Å². The largest absolute Gasteiger partial charge is 0.300 e. The summed E-state index contributed by atoms with van der Waals surface area (Å²) < 4.78 is 0. The first-order valence-electron chi connectivity index (χ1n) is 11.5. The second-order valence-electron chi connectivity index (χ2n) is 5.52. The second kappa shape index (κ2) is 36.5. The van der Waals surface area contributed by atoms with E-state index in [-0.39, 0.29) is 17.5 Å². The van der Waals surface area contributed by atoms with Crippen molar-refractivity contribution in [3.63, 3.8) is 0 Å². The summed E-state index contributed by atoms with van der Waals surface area (Å²) in [4.78, 5) is 21.4. The fraction of sp³-hybridized carbons (Fsp3) is 0.692. The highest BCUT2D eigenvalue weighted by atomic mass is 16.1. The normalized spacial score (nSPS) is 8.86. The lowest BCUT2D eigenvalue weighted by molar-refractivity contribution is -0.118. The summed E-state index contributed by atoms with van der Waals surface area (Å²) in [6, 6.07) is 10.0. The van der Waals surface area contributed by atoms with Crippen LogP contribution in [0.5, 0.6) is 0 Å². The van der Waals surface area contributed by atoms with Gasteiger partial charge in [0.25, 0.3) is 0 Å². The Kier molecular flexibility index (Phi) is 48.6. The quantitative estimate of drug-likeness (QED) is 0.480. The van der Waals surface area contributed by atoms with E-state index < -0.39 is 0 Å². The van der Waals surface area contributed by atoms with Gasteiger partial charge in [0.15, 0.2) is 0 Å². The summed E-state index contributed by atoms with van der Waals surface area (Å²) in [6.45, 7) is 23.6. The van der Waals surface area contributed by atoms with E-state index in [1.54, 1.807) is 13.8 Å². The molecule has 0 bridgehead atoms. The van der Waals surface area contributed by atoms with Gasteiger partial charge < -0.3 is 4.79 Å². The lowest BCUT2D eigenvalue weighted by Crippen LogP contribution is -2.08. The van der Waals surface area contributed by atoms with Crippen LogP contribution < -0.4 is 0 Å². The summed E-state index contributed by atoms with van der Waals surface area (Å²) in [6.07, 6.45) is 4.98. The first-order chi connectivity index (χ1) is 13.4. The molecule has 0 heterocycles. The third-order valence-electron chi connectivity index (χ3n) is 2.87. The minimum atomic E-state index is 0.103. The molecule has 0 spiro atoms. The Bertz CT molecular complexity index is 383. The molecule has 0 aromatic heterocycles. The maximum absolute atomic E-state index is 11.3. The molecule has 0 unspecified atom stereocenters. The minimum absolute atomic E-state index is 0.103. The number of ketones is 2. The van der Waals surface area contributed by atoms with Crippen LogP contribution in [0.3, 0.4) is 0 Å². The summed E-state index contributed by atoms with van der Waals surface area (Å²) in [5, 5.41) is 0. The highest BCUT2D eigenvalue weighted by Gasteiger charge is 2.14. The molecule has 1 rings (SSSR count). The lowest BCUT2D eigenvalue weighted by Gasteiger charge is -2.12. The molecule has 1 aromatic rings. The zero-order valence-electron chi connectivity index (χ0n) is 21.3. The van der Waals surface area contributed by atoms with Gasteiger partial charge in [-0.1, -0.05) is 112 Å². The second-order valence-corrected chi connectivity index (χ2v) is 5.52. The van der Waals surface area contributed by atoms with Gasteiger partial charge in [0.1, 0.15) is 11.6 Å². The third-order valence-corrected chi connectivity index (χ3v) is 2.87. The van der Waals surface area contributed by atoms with E-state index in [9.17, 15) is 9.59 Å². The number of rotatable bonds is 6. The first kappa shape index (κ1) is 37.3. The molecule has 0 radical (unpaired) electrons. The number of hydrogen-bond acceptors (Lipinski definition) is 2. The van der Waals surface area contributed by atoms with Crippen LogP contribution in [0.1, 0.15) is 127 Å². The summed E-state index contributed by atoms with van der Waals surface area (Å²) in [5.41, 5.74) is 1.15. The molecular formula is C26H52O2. The average molecular weight is 397 g/mol. The molecule has 0 aliphatic carbocycles. The molecule has 0 aliphatic rings. The molecule has 1 atom stereocenters. The van der Waals surface area contributed by atoms with Gasteiger partial charge in [0.05, 0.1) is 0 Å². The van der Waals surface area contributed by atoms with Crippen molar-refractivity contribution in [2.24, 2.45) is 0 Å². The number of benzene rings is 1. The highest BCUT2D eigenvalue weighted by molar-refractivity contribution is 5.83. The van der Waals surface area contributed by atoms with E-state index in [2.05, 4.69) is 20.8 Å². The van der Waals surface area contributed by atoms with Crippen molar-refractivity contribution < 1.29 is 9.59 Å². The monoisotopic (exact) mass is 396 g/mol. The van der Waals surface area contributed by atoms with Crippen molar-refractivity contribution in [2.75, 3.05) is 0 Å². The zero-order chi connectivity index (χ0) is 23.4. The summed E-state index contributed by atoms with van der Waals surface area (Å²) in [5.74, 6) is 0.664. The van der Waals surface area contributed by atoms with Crippen LogP contribution in [0.15, 0.2) is 30.3 Å². The van der Waals surface area contributed by atoms with Crippen molar-refractivity contribution in [3.05, 3.63) is 35.9 Å². The topological polar surface area (TPSA) is 34.1 Å². The predicted octanol–water partition coefficient (Wildman–Crippen LogP) is 9.03. The Morgan fingerprint density at radius 1 is 0.750 bits per heavy atom. The Morgan fingerprint density at radius 3 is 1.36 bits per heavy atom. The van der Waals surface area contributed by atoms with Crippen LogP contribution in [-0.4, -0.2) is 11.6 Å². The summed E-state index contributed by atoms with van der Waals surface area (Å²) in [7, 11) is 0. The minimum Gasteiger partial charge on any atom is -0.300 e. The van der Waals surface area contributed by atoms with Gasteiger partial charge in [0, 0.05) is 12.3 Å². The molecule has 168 valence electrons. The number of carbonyl (C=O) groups excluding carboxylic acids is 2. The lowest BCUT2D eigenvalue weighted by atomic mass is 9.91. The van der Waals surface area contributed by atoms with Gasteiger partial charge in [-0.15, -0.1) is 0 Å². The Hall–Kier alpha value is -1.44. The van der Waals surface area contributed by atoms with Crippen LogP contribution in [0.25, 0.3) is 0 Å². The van der Waals surface area contributed by atoms with Crippen molar-refractivity contribution in [3.8, 4) is 0 Å². The predicted molar refractivity (Wildman–Crippen MR) is 130 cm³/mol.